The molecule has 0 aromatic heterocycles. The second kappa shape index (κ2) is 6.73. The largest absolute Gasteiger partial charge is 0.312 e. The van der Waals surface area contributed by atoms with E-state index in [1.54, 1.807) is 0 Å². The Labute approximate surface area is 123 Å². The Kier molecular flexibility index (Phi) is 4.74. The maximum atomic E-state index is 3.74. The predicted molar refractivity (Wildman–Crippen MR) is 84.9 cm³/mol. The molecule has 2 fully saturated rings. The van der Waals surface area contributed by atoms with Gasteiger partial charge in [0.05, 0.1) is 0 Å². The Morgan fingerprint density at radius 1 is 1.25 bits per heavy atom. The summed E-state index contributed by atoms with van der Waals surface area (Å²) < 4.78 is 0. The van der Waals surface area contributed by atoms with E-state index in [4.69, 9.17) is 0 Å². The Bertz CT molecular complexity index is 399. The highest BCUT2D eigenvalue weighted by molar-refractivity contribution is 5.16. The van der Waals surface area contributed by atoms with E-state index in [1.807, 2.05) is 0 Å². The lowest BCUT2D eigenvalue weighted by atomic mass is 10.0. The molecule has 0 amide bonds. The normalized spacial score (nSPS) is 26.1. The van der Waals surface area contributed by atoms with Gasteiger partial charge in [-0.25, -0.2) is 0 Å². The molecule has 1 saturated carbocycles. The maximum absolute atomic E-state index is 3.74. The van der Waals surface area contributed by atoms with Crippen molar-refractivity contribution in [1.82, 2.24) is 10.2 Å². The van der Waals surface area contributed by atoms with Gasteiger partial charge in [0.15, 0.2) is 0 Å². The lowest BCUT2D eigenvalue weighted by Crippen LogP contribution is -2.42. The molecule has 1 heterocycles. The summed E-state index contributed by atoms with van der Waals surface area (Å²) in [6.45, 7) is 6.09. The molecule has 20 heavy (non-hydrogen) atoms. The molecule has 1 aromatic rings. The first kappa shape index (κ1) is 14.1. The monoisotopic (exact) mass is 272 g/mol. The molecular formula is C18H28N2. The van der Waals surface area contributed by atoms with Crippen LogP contribution in [0.4, 0.5) is 0 Å². The van der Waals surface area contributed by atoms with E-state index in [9.17, 15) is 0 Å². The van der Waals surface area contributed by atoms with Crippen molar-refractivity contribution in [3.8, 4) is 0 Å². The first-order valence-electron chi connectivity index (χ1n) is 8.32. The molecule has 2 aliphatic rings. The smallest absolute Gasteiger partial charge is 0.0235 e. The number of nitrogens with zero attached hydrogens (tertiary/aromatic N) is 1. The van der Waals surface area contributed by atoms with Crippen LogP contribution in [0.15, 0.2) is 30.3 Å². The molecule has 0 bridgehead atoms. The molecule has 1 aliphatic carbocycles. The number of rotatable bonds is 5. The molecule has 1 aromatic carbocycles. The van der Waals surface area contributed by atoms with Crippen LogP contribution < -0.4 is 5.32 Å². The van der Waals surface area contributed by atoms with Gasteiger partial charge in [-0.15, -0.1) is 0 Å². The fourth-order valence-corrected chi connectivity index (χ4v) is 3.45. The van der Waals surface area contributed by atoms with E-state index in [0.717, 1.165) is 18.4 Å². The molecule has 2 unspecified atom stereocenters. The highest BCUT2D eigenvalue weighted by Gasteiger charge is 2.28. The van der Waals surface area contributed by atoms with Gasteiger partial charge in [0.25, 0.3) is 0 Å². The zero-order valence-electron chi connectivity index (χ0n) is 12.7. The highest BCUT2D eigenvalue weighted by Crippen LogP contribution is 2.34. The third-order valence-corrected chi connectivity index (χ3v) is 4.83. The summed E-state index contributed by atoms with van der Waals surface area (Å²) >= 11 is 0. The van der Waals surface area contributed by atoms with E-state index in [1.165, 1.54) is 50.9 Å². The fraction of sp³-hybridized carbons (Fsp3) is 0.667. The third kappa shape index (κ3) is 4.07. The Hall–Kier alpha value is -0.860. The average Bonchev–Trinajstić information content (AvgIpc) is 3.27. The van der Waals surface area contributed by atoms with Crippen LogP contribution in [0.5, 0.6) is 0 Å². The van der Waals surface area contributed by atoms with Crippen LogP contribution >= 0.6 is 0 Å². The summed E-state index contributed by atoms with van der Waals surface area (Å²) in [6, 6.07) is 12.3. The van der Waals surface area contributed by atoms with Gasteiger partial charge in [-0.3, -0.25) is 4.90 Å². The summed E-state index contributed by atoms with van der Waals surface area (Å²) in [6.07, 6.45) is 6.82. The zero-order chi connectivity index (χ0) is 13.8. The second-order valence-electron chi connectivity index (χ2n) is 6.72. The van der Waals surface area contributed by atoms with Crippen LogP contribution in [-0.4, -0.2) is 36.6 Å². The van der Waals surface area contributed by atoms with Gasteiger partial charge in [-0.1, -0.05) is 43.2 Å². The van der Waals surface area contributed by atoms with Crippen LogP contribution in [0.3, 0.4) is 0 Å². The minimum atomic E-state index is 0.613. The quantitative estimate of drug-likeness (QED) is 0.886. The number of hydrogen-bond acceptors (Lipinski definition) is 2. The van der Waals surface area contributed by atoms with Crippen LogP contribution in [0.25, 0.3) is 0 Å². The van der Waals surface area contributed by atoms with E-state index in [-0.39, 0.29) is 0 Å². The highest BCUT2D eigenvalue weighted by atomic mass is 15.2. The number of nitrogens with one attached hydrogen (secondary N) is 1. The molecular weight excluding hydrogens is 244 g/mol. The summed E-state index contributed by atoms with van der Waals surface area (Å²) in [5, 5.41) is 3.74. The van der Waals surface area contributed by atoms with Crippen molar-refractivity contribution in [2.24, 2.45) is 5.92 Å². The Balaban J connectivity index is 1.56. The summed E-state index contributed by atoms with van der Waals surface area (Å²) in [5.74, 6) is 1.04. The number of benzene rings is 1. The van der Waals surface area contributed by atoms with Crippen molar-refractivity contribution in [3.63, 3.8) is 0 Å². The van der Waals surface area contributed by atoms with Crippen LogP contribution in [0.1, 0.15) is 38.2 Å². The molecule has 2 heteroatoms. The van der Waals surface area contributed by atoms with Gasteiger partial charge in [0.1, 0.15) is 0 Å². The Morgan fingerprint density at radius 3 is 2.80 bits per heavy atom. The average molecular weight is 272 g/mol. The molecule has 110 valence electrons. The minimum absolute atomic E-state index is 0.613. The van der Waals surface area contributed by atoms with E-state index in [0.29, 0.717) is 6.04 Å². The molecule has 2 atom stereocenters. The zero-order valence-corrected chi connectivity index (χ0v) is 12.7. The van der Waals surface area contributed by atoms with E-state index in [2.05, 4.69) is 47.5 Å². The Morgan fingerprint density at radius 2 is 2.05 bits per heavy atom. The predicted octanol–water partition coefficient (Wildman–Crippen LogP) is 3.08. The van der Waals surface area contributed by atoms with Crippen molar-refractivity contribution < 1.29 is 0 Å². The molecule has 1 aliphatic heterocycles. The van der Waals surface area contributed by atoms with Gasteiger partial charge in [0, 0.05) is 18.6 Å². The maximum Gasteiger partial charge on any atom is 0.0235 e. The minimum Gasteiger partial charge on any atom is -0.312 e. The van der Waals surface area contributed by atoms with Crippen LogP contribution in [-0.2, 0) is 6.42 Å². The molecule has 1 saturated heterocycles. The summed E-state index contributed by atoms with van der Waals surface area (Å²) in [7, 11) is 0. The van der Waals surface area contributed by atoms with E-state index >= 15 is 0 Å². The van der Waals surface area contributed by atoms with E-state index < -0.39 is 0 Å². The first-order valence-corrected chi connectivity index (χ1v) is 8.32. The van der Waals surface area contributed by atoms with Crippen molar-refractivity contribution in [3.05, 3.63) is 35.9 Å². The van der Waals surface area contributed by atoms with Crippen LogP contribution in [0.2, 0.25) is 0 Å². The molecule has 3 rings (SSSR count). The summed E-state index contributed by atoms with van der Waals surface area (Å²) in [5.41, 5.74) is 1.46. The molecule has 2 nitrogen and oxygen atoms in total. The standard InChI is InChI=1S/C18H28N2/c1-15(12-17-8-9-17)20-11-5-10-19-18(14-20)13-16-6-3-2-4-7-16/h2-4,6-7,15,17-19H,5,8-14H2,1H3. The van der Waals surface area contributed by atoms with Crippen molar-refractivity contribution in [2.45, 2.75) is 51.1 Å². The topological polar surface area (TPSA) is 15.3 Å². The van der Waals surface area contributed by atoms with Crippen molar-refractivity contribution >= 4 is 0 Å². The van der Waals surface area contributed by atoms with Crippen molar-refractivity contribution in [1.29, 1.82) is 0 Å². The SMILES string of the molecule is CC(CC1CC1)N1CCCNC(Cc2ccccc2)C1. The number of hydrogen-bond donors (Lipinski definition) is 1. The van der Waals surface area contributed by atoms with Gasteiger partial charge in [-0.05, 0) is 50.8 Å². The van der Waals surface area contributed by atoms with Crippen LogP contribution in [0, 0.1) is 5.92 Å². The summed E-state index contributed by atoms with van der Waals surface area (Å²) in [4.78, 5) is 2.73. The lowest BCUT2D eigenvalue weighted by molar-refractivity contribution is 0.190. The molecule has 0 spiro atoms. The van der Waals surface area contributed by atoms with Gasteiger partial charge < -0.3 is 5.32 Å². The second-order valence-corrected chi connectivity index (χ2v) is 6.72. The third-order valence-electron chi connectivity index (χ3n) is 4.83. The van der Waals surface area contributed by atoms with Gasteiger partial charge in [-0.2, -0.15) is 0 Å². The fourth-order valence-electron chi connectivity index (χ4n) is 3.45. The first-order chi connectivity index (χ1) is 9.81. The lowest BCUT2D eigenvalue weighted by Gasteiger charge is -2.30. The molecule has 0 radical (unpaired) electrons. The van der Waals surface area contributed by atoms with Gasteiger partial charge >= 0.3 is 0 Å². The molecule has 1 N–H and O–H groups in total. The van der Waals surface area contributed by atoms with Crippen molar-refractivity contribution in [2.75, 3.05) is 19.6 Å². The van der Waals surface area contributed by atoms with Gasteiger partial charge in [0.2, 0.25) is 0 Å².